The number of carbonyl (C=O) groups excluding carboxylic acids is 1. The highest BCUT2D eigenvalue weighted by Crippen LogP contribution is 2.25. The van der Waals surface area contributed by atoms with Gasteiger partial charge >= 0.3 is 0 Å². The Kier molecular flexibility index (Phi) is 6.43. The van der Waals surface area contributed by atoms with E-state index >= 15 is 0 Å². The molecule has 0 bridgehead atoms. The summed E-state index contributed by atoms with van der Waals surface area (Å²) in [6.07, 6.45) is 3.47. The smallest absolute Gasteiger partial charge is 0.234 e. The van der Waals surface area contributed by atoms with Crippen LogP contribution in [0.15, 0.2) is 78.2 Å². The minimum atomic E-state index is -0.0709. The summed E-state index contributed by atoms with van der Waals surface area (Å²) in [6.45, 7) is 4.61. The summed E-state index contributed by atoms with van der Waals surface area (Å²) in [5.41, 5.74) is 5.06. The summed E-state index contributed by atoms with van der Waals surface area (Å²) in [5.74, 6) is 0.929. The lowest BCUT2D eigenvalue weighted by Gasteiger charge is -2.11. The molecule has 31 heavy (non-hydrogen) atoms. The fourth-order valence-electron chi connectivity index (χ4n) is 3.21. The minimum absolute atomic E-state index is 0.0709. The van der Waals surface area contributed by atoms with E-state index in [1.165, 1.54) is 11.8 Å². The SMILES string of the molecule is Cc1ccc(C)c(NC(=O)CSc2nnc(-c3ccncc3)n2Cc2ccccc2)c1. The molecule has 6 nitrogen and oxygen atoms in total. The van der Waals surface area contributed by atoms with Crippen molar-refractivity contribution >= 4 is 23.4 Å². The van der Waals surface area contributed by atoms with E-state index in [-0.39, 0.29) is 11.7 Å². The number of aryl methyl sites for hydroxylation is 2. The molecule has 1 amide bonds. The van der Waals surface area contributed by atoms with Gasteiger partial charge in [-0.25, -0.2) is 0 Å². The van der Waals surface area contributed by atoms with Crippen molar-refractivity contribution < 1.29 is 4.79 Å². The van der Waals surface area contributed by atoms with Crippen LogP contribution in [0.3, 0.4) is 0 Å². The molecule has 0 aliphatic carbocycles. The molecule has 2 aromatic carbocycles. The molecule has 0 fully saturated rings. The molecule has 0 aliphatic heterocycles. The van der Waals surface area contributed by atoms with E-state index in [1.54, 1.807) is 12.4 Å². The molecule has 4 aromatic rings. The van der Waals surface area contributed by atoms with Gasteiger partial charge in [-0.2, -0.15) is 0 Å². The molecule has 0 saturated heterocycles. The molecule has 0 atom stereocenters. The summed E-state index contributed by atoms with van der Waals surface area (Å²) in [5, 5.41) is 12.5. The topological polar surface area (TPSA) is 72.7 Å². The quantitative estimate of drug-likeness (QED) is 0.430. The highest BCUT2D eigenvalue weighted by Gasteiger charge is 2.16. The molecule has 2 aromatic heterocycles. The maximum absolute atomic E-state index is 12.6. The number of nitrogens with zero attached hydrogens (tertiary/aromatic N) is 4. The number of anilines is 1. The van der Waals surface area contributed by atoms with Crippen LogP contribution in [-0.2, 0) is 11.3 Å². The molecule has 0 radical (unpaired) electrons. The monoisotopic (exact) mass is 429 g/mol. The third-order valence-electron chi connectivity index (χ3n) is 4.84. The average molecular weight is 430 g/mol. The van der Waals surface area contributed by atoms with Gasteiger partial charge in [-0.1, -0.05) is 54.2 Å². The van der Waals surface area contributed by atoms with Gasteiger partial charge in [-0.15, -0.1) is 10.2 Å². The molecule has 0 saturated carbocycles. The minimum Gasteiger partial charge on any atom is -0.325 e. The fraction of sp³-hybridized carbons (Fsp3) is 0.167. The normalized spacial score (nSPS) is 10.8. The molecular weight excluding hydrogens is 406 g/mol. The average Bonchev–Trinajstić information content (AvgIpc) is 3.18. The van der Waals surface area contributed by atoms with Crippen LogP contribution < -0.4 is 5.32 Å². The zero-order chi connectivity index (χ0) is 21.6. The molecule has 2 heterocycles. The highest BCUT2D eigenvalue weighted by atomic mass is 32.2. The van der Waals surface area contributed by atoms with E-state index in [9.17, 15) is 4.79 Å². The molecule has 1 N–H and O–H groups in total. The van der Waals surface area contributed by atoms with E-state index in [0.29, 0.717) is 11.7 Å². The summed E-state index contributed by atoms with van der Waals surface area (Å²) < 4.78 is 2.04. The van der Waals surface area contributed by atoms with Gasteiger partial charge in [0.2, 0.25) is 5.91 Å². The molecular formula is C24H23N5OS. The van der Waals surface area contributed by atoms with Gasteiger partial charge in [0.15, 0.2) is 11.0 Å². The van der Waals surface area contributed by atoms with Gasteiger partial charge in [0.05, 0.1) is 12.3 Å². The predicted molar refractivity (Wildman–Crippen MR) is 124 cm³/mol. The van der Waals surface area contributed by atoms with Crippen LogP contribution in [0.5, 0.6) is 0 Å². The molecule has 4 rings (SSSR count). The number of aromatic nitrogens is 4. The molecule has 0 spiro atoms. The van der Waals surface area contributed by atoms with E-state index in [1.807, 2.05) is 66.9 Å². The van der Waals surface area contributed by atoms with Crippen molar-refractivity contribution in [3.05, 3.63) is 89.7 Å². The van der Waals surface area contributed by atoms with Crippen LogP contribution in [0.4, 0.5) is 5.69 Å². The van der Waals surface area contributed by atoms with Crippen LogP contribution in [0.1, 0.15) is 16.7 Å². The summed E-state index contributed by atoms with van der Waals surface area (Å²) >= 11 is 1.38. The van der Waals surface area contributed by atoms with E-state index in [4.69, 9.17) is 0 Å². The number of hydrogen-bond acceptors (Lipinski definition) is 5. The van der Waals surface area contributed by atoms with Crippen molar-refractivity contribution in [1.82, 2.24) is 19.7 Å². The number of hydrogen-bond donors (Lipinski definition) is 1. The van der Waals surface area contributed by atoms with Crippen molar-refractivity contribution in [1.29, 1.82) is 0 Å². The summed E-state index contributed by atoms with van der Waals surface area (Å²) in [6, 6.07) is 20.0. The lowest BCUT2D eigenvalue weighted by Crippen LogP contribution is -2.15. The lowest BCUT2D eigenvalue weighted by atomic mass is 10.1. The van der Waals surface area contributed by atoms with Crippen LogP contribution in [0.25, 0.3) is 11.4 Å². The summed E-state index contributed by atoms with van der Waals surface area (Å²) in [7, 11) is 0. The molecule has 156 valence electrons. The number of nitrogens with one attached hydrogen (secondary N) is 1. The highest BCUT2D eigenvalue weighted by molar-refractivity contribution is 7.99. The van der Waals surface area contributed by atoms with Gasteiger partial charge in [0.1, 0.15) is 0 Å². The lowest BCUT2D eigenvalue weighted by molar-refractivity contribution is -0.113. The Hall–Kier alpha value is -3.45. The van der Waals surface area contributed by atoms with Crippen molar-refractivity contribution in [3.8, 4) is 11.4 Å². The van der Waals surface area contributed by atoms with Gasteiger partial charge in [0, 0.05) is 23.6 Å². The number of rotatable bonds is 7. The first-order valence-electron chi connectivity index (χ1n) is 9.97. The second kappa shape index (κ2) is 9.57. The number of pyridine rings is 1. The summed E-state index contributed by atoms with van der Waals surface area (Å²) in [4.78, 5) is 16.7. The zero-order valence-corrected chi connectivity index (χ0v) is 18.3. The molecule has 7 heteroatoms. The standard InChI is InChI=1S/C24H23N5OS/c1-17-8-9-18(2)21(14-17)26-22(30)16-31-24-28-27-23(20-10-12-25-13-11-20)29(24)15-19-6-4-3-5-7-19/h3-14H,15-16H2,1-2H3,(H,26,30). The van der Waals surface area contributed by atoms with Gasteiger partial charge in [0.25, 0.3) is 0 Å². The van der Waals surface area contributed by atoms with Crippen molar-refractivity contribution in [2.45, 2.75) is 25.5 Å². The number of benzene rings is 2. The number of amides is 1. The van der Waals surface area contributed by atoms with Gasteiger partial charge < -0.3 is 5.32 Å². The maximum atomic E-state index is 12.6. The van der Waals surface area contributed by atoms with E-state index < -0.39 is 0 Å². The van der Waals surface area contributed by atoms with Gasteiger partial charge in [-0.3, -0.25) is 14.3 Å². The van der Waals surface area contributed by atoms with Crippen molar-refractivity contribution in [2.24, 2.45) is 0 Å². The Morgan fingerprint density at radius 3 is 2.55 bits per heavy atom. The Morgan fingerprint density at radius 1 is 1.00 bits per heavy atom. The third-order valence-corrected chi connectivity index (χ3v) is 5.81. The second-order valence-electron chi connectivity index (χ2n) is 7.27. The van der Waals surface area contributed by atoms with Crippen LogP contribution >= 0.6 is 11.8 Å². The third kappa shape index (κ3) is 5.19. The van der Waals surface area contributed by atoms with Crippen molar-refractivity contribution in [2.75, 3.05) is 11.1 Å². The maximum Gasteiger partial charge on any atom is 0.234 e. The molecule has 0 unspecified atom stereocenters. The Bertz CT molecular complexity index is 1180. The first-order chi connectivity index (χ1) is 15.1. The van der Waals surface area contributed by atoms with Crippen molar-refractivity contribution in [3.63, 3.8) is 0 Å². The zero-order valence-electron chi connectivity index (χ0n) is 17.4. The van der Waals surface area contributed by atoms with Crippen LogP contribution in [0.2, 0.25) is 0 Å². The fourth-order valence-corrected chi connectivity index (χ4v) is 3.94. The van der Waals surface area contributed by atoms with E-state index in [2.05, 4.69) is 32.6 Å². The Labute approximate surface area is 185 Å². The number of thioether (sulfide) groups is 1. The largest absolute Gasteiger partial charge is 0.325 e. The second-order valence-corrected chi connectivity index (χ2v) is 8.21. The Morgan fingerprint density at radius 2 is 1.77 bits per heavy atom. The van der Waals surface area contributed by atoms with Crippen LogP contribution in [-0.4, -0.2) is 31.4 Å². The van der Waals surface area contributed by atoms with Crippen LogP contribution in [0, 0.1) is 13.8 Å². The van der Waals surface area contributed by atoms with E-state index in [0.717, 1.165) is 33.8 Å². The predicted octanol–water partition coefficient (Wildman–Crippen LogP) is 4.74. The molecule has 0 aliphatic rings. The first-order valence-corrected chi connectivity index (χ1v) is 11.0. The van der Waals surface area contributed by atoms with Gasteiger partial charge in [-0.05, 0) is 48.7 Å². The first kappa shape index (κ1) is 20.8. The number of carbonyl (C=O) groups is 1. The Balaban J connectivity index is 1.54.